The fourth-order valence-corrected chi connectivity index (χ4v) is 2.39. The van der Waals surface area contributed by atoms with E-state index in [1.165, 1.54) is 0 Å². The van der Waals surface area contributed by atoms with Gasteiger partial charge in [0.2, 0.25) is 0 Å². The maximum Gasteiger partial charge on any atom is 0.161 e. The van der Waals surface area contributed by atoms with Crippen LogP contribution < -0.4 is 9.47 Å². The van der Waals surface area contributed by atoms with Crippen LogP contribution in [0.4, 0.5) is 0 Å². The van der Waals surface area contributed by atoms with Crippen molar-refractivity contribution < 1.29 is 19.3 Å². The van der Waals surface area contributed by atoms with Crippen LogP contribution in [0.5, 0.6) is 11.5 Å². The second-order valence-electron chi connectivity index (χ2n) is 5.07. The van der Waals surface area contributed by atoms with Gasteiger partial charge in [0.05, 0.1) is 19.8 Å². The first-order valence-corrected chi connectivity index (χ1v) is 7.60. The highest BCUT2D eigenvalue weighted by atomic mass is 16.5. The third-order valence-electron chi connectivity index (χ3n) is 3.59. The van der Waals surface area contributed by atoms with Gasteiger partial charge in [-0.2, -0.15) is 0 Å². The Labute approximate surface area is 126 Å². The molecular formula is C16H25NO4. The van der Waals surface area contributed by atoms with E-state index in [4.69, 9.17) is 14.2 Å². The Morgan fingerprint density at radius 1 is 1.29 bits per heavy atom. The smallest absolute Gasteiger partial charge is 0.161 e. The predicted molar refractivity (Wildman–Crippen MR) is 80.9 cm³/mol. The highest BCUT2D eigenvalue weighted by Crippen LogP contribution is 2.29. The summed E-state index contributed by atoms with van der Waals surface area (Å²) in [6.07, 6.45) is 0.0886. The van der Waals surface area contributed by atoms with Gasteiger partial charge in [0.1, 0.15) is 12.7 Å². The summed E-state index contributed by atoms with van der Waals surface area (Å²) in [5.41, 5.74) is 0.817. The van der Waals surface area contributed by atoms with Crippen molar-refractivity contribution in [3.05, 3.63) is 23.8 Å². The molecule has 5 nitrogen and oxygen atoms in total. The zero-order valence-corrected chi connectivity index (χ0v) is 12.9. The molecule has 0 amide bonds. The van der Waals surface area contributed by atoms with Crippen LogP contribution in [0, 0.1) is 0 Å². The lowest BCUT2D eigenvalue weighted by Gasteiger charge is -2.32. The van der Waals surface area contributed by atoms with Crippen molar-refractivity contribution in [1.82, 2.24) is 4.90 Å². The van der Waals surface area contributed by atoms with Gasteiger partial charge in [-0.05, 0) is 31.2 Å². The predicted octanol–water partition coefficient (Wildman–Crippen LogP) is 1.68. The molecule has 1 saturated heterocycles. The highest BCUT2D eigenvalue weighted by Gasteiger charge is 2.20. The molecule has 1 fully saturated rings. The summed E-state index contributed by atoms with van der Waals surface area (Å²) in [5.74, 6) is 1.37. The van der Waals surface area contributed by atoms with Gasteiger partial charge >= 0.3 is 0 Å². The molecule has 0 aliphatic carbocycles. The molecule has 0 radical (unpaired) electrons. The third-order valence-corrected chi connectivity index (χ3v) is 3.59. The average Bonchev–Trinajstić information content (AvgIpc) is 2.54. The monoisotopic (exact) mass is 295 g/mol. The van der Waals surface area contributed by atoms with Crippen molar-refractivity contribution in [3.63, 3.8) is 0 Å². The van der Waals surface area contributed by atoms with Crippen LogP contribution in [-0.2, 0) is 11.3 Å². The van der Waals surface area contributed by atoms with E-state index in [0.717, 1.165) is 31.8 Å². The molecule has 21 heavy (non-hydrogen) atoms. The second-order valence-corrected chi connectivity index (χ2v) is 5.07. The first-order chi connectivity index (χ1) is 10.3. The van der Waals surface area contributed by atoms with Crippen molar-refractivity contribution in [2.45, 2.75) is 26.6 Å². The summed E-state index contributed by atoms with van der Waals surface area (Å²) in [7, 11) is 0. The maximum absolute atomic E-state index is 9.19. The van der Waals surface area contributed by atoms with Gasteiger partial charge in [-0.15, -0.1) is 0 Å². The lowest BCUT2D eigenvalue weighted by molar-refractivity contribution is -0.0467. The van der Waals surface area contributed by atoms with Crippen molar-refractivity contribution >= 4 is 0 Å². The molecule has 1 N–H and O–H groups in total. The molecule has 1 unspecified atom stereocenters. The van der Waals surface area contributed by atoms with E-state index in [1.807, 2.05) is 25.1 Å². The fraction of sp³-hybridized carbons (Fsp3) is 0.625. The van der Waals surface area contributed by atoms with Crippen LogP contribution in [0.25, 0.3) is 0 Å². The number of rotatable bonds is 7. The summed E-state index contributed by atoms with van der Waals surface area (Å²) in [6, 6.07) is 5.51. The van der Waals surface area contributed by atoms with Gasteiger partial charge in [0.15, 0.2) is 11.5 Å². The van der Waals surface area contributed by atoms with E-state index >= 15 is 0 Å². The number of aliphatic hydroxyl groups excluding tert-OH is 1. The SMILES string of the molecule is CCOc1cc(CO)ccc1OCC1CN(CC)CCO1. The molecule has 1 aromatic rings. The van der Waals surface area contributed by atoms with Crippen molar-refractivity contribution in [1.29, 1.82) is 0 Å². The molecule has 2 rings (SSSR count). The number of hydrogen-bond donors (Lipinski definition) is 1. The van der Waals surface area contributed by atoms with Crippen LogP contribution in [0.1, 0.15) is 19.4 Å². The number of ether oxygens (including phenoxy) is 3. The van der Waals surface area contributed by atoms with Crippen molar-refractivity contribution in [2.24, 2.45) is 0 Å². The molecule has 0 aromatic heterocycles. The van der Waals surface area contributed by atoms with Gasteiger partial charge in [0, 0.05) is 13.1 Å². The minimum atomic E-state index is -0.00243. The Bertz CT molecular complexity index is 438. The van der Waals surface area contributed by atoms with E-state index in [9.17, 15) is 5.11 Å². The third kappa shape index (κ3) is 4.59. The molecule has 1 aliphatic heterocycles. The van der Waals surface area contributed by atoms with Gasteiger partial charge in [-0.1, -0.05) is 13.0 Å². The van der Waals surface area contributed by atoms with Gasteiger partial charge in [0.25, 0.3) is 0 Å². The molecule has 0 spiro atoms. The highest BCUT2D eigenvalue weighted by molar-refractivity contribution is 5.42. The molecule has 1 aromatic carbocycles. The van der Waals surface area contributed by atoms with Gasteiger partial charge in [-0.25, -0.2) is 0 Å². The number of morpholine rings is 1. The zero-order valence-electron chi connectivity index (χ0n) is 12.9. The van der Waals surface area contributed by atoms with Crippen molar-refractivity contribution in [3.8, 4) is 11.5 Å². The average molecular weight is 295 g/mol. The minimum absolute atomic E-state index is 0.00243. The second kappa shape index (κ2) is 8.22. The Hall–Kier alpha value is -1.30. The number of nitrogens with zero attached hydrogens (tertiary/aromatic N) is 1. The van der Waals surface area contributed by atoms with Crippen LogP contribution in [0.3, 0.4) is 0 Å². The van der Waals surface area contributed by atoms with Crippen LogP contribution in [0.2, 0.25) is 0 Å². The quantitative estimate of drug-likeness (QED) is 0.829. The summed E-state index contributed by atoms with van der Waals surface area (Å²) in [6.45, 7) is 8.83. The van der Waals surface area contributed by atoms with Crippen molar-refractivity contribution in [2.75, 3.05) is 39.5 Å². The van der Waals surface area contributed by atoms with E-state index in [0.29, 0.717) is 24.7 Å². The number of hydrogen-bond acceptors (Lipinski definition) is 5. The lowest BCUT2D eigenvalue weighted by atomic mass is 10.2. The molecule has 1 atom stereocenters. The molecule has 1 heterocycles. The lowest BCUT2D eigenvalue weighted by Crippen LogP contribution is -2.44. The molecule has 0 saturated carbocycles. The molecule has 5 heteroatoms. The fourth-order valence-electron chi connectivity index (χ4n) is 2.39. The first kappa shape index (κ1) is 16.1. The minimum Gasteiger partial charge on any atom is -0.490 e. The van der Waals surface area contributed by atoms with E-state index in [1.54, 1.807) is 0 Å². The van der Waals surface area contributed by atoms with E-state index in [-0.39, 0.29) is 12.7 Å². The Morgan fingerprint density at radius 3 is 2.86 bits per heavy atom. The summed E-state index contributed by atoms with van der Waals surface area (Å²) in [4.78, 5) is 2.36. The Balaban J connectivity index is 1.95. The first-order valence-electron chi connectivity index (χ1n) is 7.60. The van der Waals surface area contributed by atoms with Crippen LogP contribution in [-0.4, -0.2) is 55.6 Å². The van der Waals surface area contributed by atoms with Crippen LogP contribution in [0.15, 0.2) is 18.2 Å². The standard InChI is InChI=1S/C16H25NO4/c1-3-17-7-8-20-14(10-17)12-21-15-6-5-13(11-18)9-16(15)19-4-2/h5-6,9,14,18H,3-4,7-8,10-12H2,1-2H3. The summed E-state index contributed by atoms with van der Waals surface area (Å²) >= 11 is 0. The number of benzene rings is 1. The van der Waals surface area contributed by atoms with Gasteiger partial charge in [-0.3, -0.25) is 4.90 Å². The number of likely N-dealkylation sites (N-methyl/N-ethyl adjacent to an activating group) is 1. The van der Waals surface area contributed by atoms with Gasteiger partial charge < -0.3 is 19.3 Å². The number of aliphatic hydroxyl groups is 1. The summed E-state index contributed by atoms with van der Waals surface area (Å²) < 4.78 is 17.2. The molecule has 0 bridgehead atoms. The summed E-state index contributed by atoms with van der Waals surface area (Å²) in [5, 5.41) is 9.19. The molecule has 118 valence electrons. The maximum atomic E-state index is 9.19. The van der Waals surface area contributed by atoms with Crippen LogP contribution >= 0.6 is 0 Å². The Kier molecular flexibility index (Phi) is 6.29. The van der Waals surface area contributed by atoms with E-state index in [2.05, 4.69) is 11.8 Å². The van der Waals surface area contributed by atoms with E-state index < -0.39 is 0 Å². The molecule has 1 aliphatic rings. The molecular weight excluding hydrogens is 270 g/mol. The topological polar surface area (TPSA) is 51.2 Å². The normalized spacial score (nSPS) is 19.5. The Morgan fingerprint density at radius 2 is 2.14 bits per heavy atom. The largest absolute Gasteiger partial charge is 0.490 e. The zero-order chi connectivity index (χ0) is 15.1.